The van der Waals surface area contributed by atoms with E-state index in [1.54, 1.807) is 6.07 Å². The normalized spacial score (nSPS) is 12.5. The van der Waals surface area contributed by atoms with Crippen LogP contribution in [0.15, 0.2) is 66.7 Å². The van der Waals surface area contributed by atoms with Crippen LogP contribution >= 0.6 is 0 Å². The molecule has 3 aromatic carbocycles. The summed E-state index contributed by atoms with van der Waals surface area (Å²) in [7, 11) is 0. The summed E-state index contributed by atoms with van der Waals surface area (Å²) in [4.78, 5) is 0. The van der Waals surface area contributed by atoms with Crippen LogP contribution in [0.25, 0.3) is 10.8 Å². The first-order chi connectivity index (χ1) is 9.24. The maximum atomic E-state index is 9.58. The molecule has 3 aromatic rings. The molecule has 0 aliphatic carbocycles. The van der Waals surface area contributed by atoms with Crippen molar-refractivity contribution in [2.24, 2.45) is 0 Å². The Morgan fingerprint density at radius 1 is 0.737 bits per heavy atom. The molecular weight excluding hydrogens is 232 g/mol. The first-order valence-corrected chi connectivity index (χ1v) is 6.52. The molecule has 1 unspecified atom stereocenters. The summed E-state index contributed by atoms with van der Waals surface area (Å²) < 4.78 is 0. The van der Waals surface area contributed by atoms with E-state index in [0.717, 1.165) is 10.8 Å². The van der Waals surface area contributed by atoms with Gasteiger partial charge in [-0.05, 0) is 34.0 Å². The van der Waals surface area contributed by atoms with Gasteiger partial charge < -0.3 is 5.11 Å². The summed E-state index contributed by atoms with van der Waals surface area (Å²) in [5.74, 6) is 0.671. The zero-order valence-electron chi connectivity index (χ0n) is 10.9. The number of phenols is 1. The number of hydrogen-bond donors (Lipinski definition) is 1. The Morgan fingerprint density at radius 2 is 1.47 bits per heavy atom. The maximum absolute atomic E-state index is 9.58. The first kappa shape index (κ1) is 11.8. The van der Waals surface area contributed by atoms with Gasteiger partial charge in [-0.25, -0.2) is 0 Å². The van der Waals surface area contributed by atoms with Gasteiger partial charge in [0.15, 0.2) is 0 Å². The van der Waals surface area contributed by atoms with E-state index >= 15 is 0 Å². The average molecular weight is 248 g/mol. The van der Waals surface area contributed by atoms with Crippen molar-refractivity contribution in [3.8, 4) is 5.75 Å². The minimum Gasteiger partial charge on any atom is -0.508 e. The monoisotopic (exact) mass is 248 g/mol. The SMILES string of the molecule is CC(c1ccccc1)c1ccc2ccc(O)cc2c1. The minimum absolute atomic E-state index is 0.317. The Morgan fingerprint density at radius 3 is 2.26 bits per heavy atom. The molecule has 1 heteroatoms. The van der Waals surface area contributed by atoms with Gasteiger partial charge in [0.05, 0.1) is 0 Å². The van der Waals surface area contributed by atoms with Crippen molar-refractivity contribution in [3.05, 3.63) is 77.9 Å². The van der Waals surface area contributed by atoms with Crippen molar-refractivity contribution in [2.75, 3.05) is 0 Å². The van der Waals surface area contributed by atoms with Gasteiger partial charge in [0.2, 0.25) is 0 Å². The Bertz CT molecular complexity index is 701. The maximum Gasteiger partial charge on any atom is 0.116 e. The Balaban J connectivity index is 2.05. The van der Waals surface area contributed by atoms with Crippen molar-refractivity contribution in [1.82, 2.24) is 0 Å². The summed E-state index contributed by atoms with van der Waals surface area (Å²) in [6, 6.07) is 22.4. The molecule has 0 saturated heterocycles. The third kappa shape index (κ3) is 2.32. The number of rotatable bonds is 2. The van der Waals surface area contributed by atoms with Gasteiger partial charge in [-0.2, -0.15) is 0 Å². The number of aromatic hydroxyl groups is 1. The van der Waals surface area contributed by atoms with Crippen LogP contribution in [-0.2, 0) is 0 Å². The fourth-order valence-corrected chi connectivity index (χ4v) is 2.46. The zero-order valence-corrected chi connectivity index (χ0v) is 10.9. The van der Waals surface area contributed by atoms with Crippen molar-refractivity contribution in [2.45, 2.75) is 12.8 Å². The molecule has 0 bridgehead atoms. The predicted octanol–water partition coefficient (Wildman–Crippen LogP) is 4.70. The number of fused-ring (bicyclic) bond motifs is 1. The molecule has 94 valence electrons. The molecule has 0 amide bonds. The van der Waals surface area contributed by atoms with Gasteiger partial charge in [-0.3, -0.25) is 0 Å². The molecule has 0 radical (unpaired) electrons. The molecule has 1 N–H and O–H groups in total. The van der Waals surface area contributed by atoms with E-state index in [-0.39, 0.29) is 0 Å². The molecule has 0 aromatic heterocycles. The lowest BCUT2D eigenvalue weighted by Crippen LogP contribution is -1.95. The summed E-state index contributed by atoms with van der Waals surface area (Å²) in [6.07, 6.45) is 0. The van der Waals surface area contributed by atoms with Crippen LogP contribution in [0.1, 0.15) is 24.0 Å². The van der Waals surface area contributed by atoms with Gasteiger partial charge in [0.1, 0.15) is 5.75 Å². The van der Waals surface area contributed by atoms with E-state index in [1.807, 2.05) is 18.2 Å². The van der Waals surface area contributed by atoms with Gasteiger partial charge in [0.25, 0.3) is 0 Å². The molecule has 3 rings (SSSR count). The Kier molecular flexibility index (Phi) is 2.96. The summed E-state index contributed by atoms with van der Waals surface area (Å²) in [5.41, 5.74) is 2.58. The topological polar surface area (TPSA) is 20.2 Å². The van der Waals surface area contributed by atoms with Gasteiger partial charge >= 0.3 is 0 Å². The van der Waals surface area contributed by atoms with Crippen LogP contribution in [0.4, 0.5) is 0 Å². The van der Waals surface area contributed by atoms with Crippen molar-refractivity contribution < 1.29 is 5.11 Å². The second-order valence-electron chi connectivity index (χ2n) is 4.92. The lowest BCUT2D eigenvalue weighted by Gasteiger charge is -2.13. The third-order valence-corrected chi connectivity index (χ3v) is 3.65. The quantitative estimate of drug-likeness (QED) is 0.697. The van der Waals surface area contributed by atoms with Crippen LogP contribution in [-0.4, -0.2) is 5.11 Å². The Labute approximate surface area is 113 Å². The second kappa shape index (κ2) is 4.77. The molecule has 0 aliphatic rings. The highest BCUT2D eigenvalue weighted by molar-refractivity contribution is 5.84. The van der Waals surface area contributed by atoms with E-state index in [2.05, 4.69) is 49.4 Å². The van der Waals surface area contributed by atoms with Crippen molar-refractivity contribution in [1.29, 1.82) is 0 Å². The third-order valence-electron chi connectivity index (χ3n) is 3.65. The average Bonchev–Trinajstić information content (AvgIpc) is 2.46. The molecule has 0 fully saturated rings. The highest BCUT2D eigenvalue weighted by atomic mass is 16.3. The predicted molar refractivity (Wildman–Crippen MR) is 79.6 cm³/mol. The molecule has 0 heterocycles. The van der Waals surface area contributed by atoms with Crippen molar-refractivity contribution >= 4 is 10.8 Å². The molecule has 1 atom stereocenters. The Hall–Kier alpha value is -2.28. The first-order valence-electron chi connectivity index (χ1n) is 6.52. The van der Waals surface area contributed by atoms with Crippen LogP contribution in [0, 0.1) is 0 Å². The van der Waals surface area contributed by atoms with Crippen molar-refractivity contribution in [3.63, 3.8) is 0 Å². The molecular formula is C18H16O. The fraction of sp³-hybridized carbons (Fsp3) is 0.111. The van der Waals surface area contributed by atoms with Crippen LogP contribution in [0.3, 0.4) is 0 Å². The van der Waals surface area contributed by atoms with Gasteiger partial charge in [-0.1, -0.05) is 61.5 Å². The highest BCUT2D eigenvalue weighted by Crippen LogP contribution is 2.28. The number of phenolic OH excluding ortho intramolecular Hbond substituents is 1. The van der Waals surface area contributed by atoms with E-state index in [1.165, 1.54) is 11.1 Å². The van der Waals surface area contributed by atoms with Crippen LogP contribution in [0.2, 0.25) is 0 Å². The standard InChI is InChI=1S/C18H16O/c1-13(14-5-3-2-4-6-14)16-8-7-15-9-10-18(19)12-17(15)11-16/h2-13,19H,1H3. The van der Waals surface area contributed by atoms with E-state index in [4.69, 9.17) is 0 Å². The smallest absolute Gasteiger partial charge is 0.116 e. The molecule has 1 nitrogen and oxygen atoms in total. The highest BCUT2D eigenvalue weighted by Gasteiger charge is 2.08. The largest absolute Gasteiger partial charge is 0.508 e. The number of hydrogen-bond acceptors (Lipinski definition) is 1. The van der Waals surface area contributed by atoms with Gasteiger partial charge in [-0.15, -0.1) is 0 Å². The zero-order chi connectivity index (χ0) is 13.2. The molecule has 19 heavy (non-hydrogen) atoms. The van der Waals surface area contributed by atoms with Gasteiger partial charge in [0, 0.05) is 5.92 Å². The molecule has 0 saturated carbocycles. The fourth-order valence-electron chi connectivity index (χ4n) is 2.46. The number of benzene rings is 3. The van der Waals surface area contributed by atoms with Crippen LogP contribution < -0.4 is 0 Å². The lowest BCUT2D eigenvalue weighted by atomic mass is 9.91. The lowest BCUT2D eigenvalue weighted by molar-refractivity contribution is 0.476. The summed E-state index contributed by atoms with van der Waals surface area (Å²) >= 11 is 0. The van der Waals surface area contributed by atoms with Crippen LogP contribution in [0.5, 0.6) is 5.75 Å². The molecule has 0 aliphatic heterocycles. The summed E-state index contributed by atoms with van der Waals surface area (Å²) in [6.45, 7) is 2.21. The van der Waals surface area contributed by atoms with E-state index < -0.39 is 0 Å². The minimum atomic E-state index is 0.317. The van der Waals surface area contributed by atoms with E-state index in [9.17, 15) is 5.11 Å². The summed E-state index contributed by atoms with van der Waals surface area (Å²) in [5, 5.41) is 11.8. The molecule has 0 spiro atoms. The van der Waals surface area contributed by atoms with E-state index in [0.29, 0.717) is 11.7 Å². The second-order valence-corrected chi connectivity index (χ2v) is 4.92.